The summed E-state index contributed by atoms with van der Waals surface area (Å²) < 4.78 is 0. The molecule has 0 atom stereocenters. The topological polar surface area (TPSA) is 52.6 Å². The number of amides is 1. The Morgan fingerprint density at radius 2 is 2.25 bits per heavy atom. The molecule has 0 saturated carbocycles. The van der Waals surface area contributed by atoms with Crippen LogP contribution in [0, 0.1) is 0 Å². The van der Waals surface area contributed by atoms with Gasteiger partial charge in [0.15, 0.2) is 0 Å². The summed E-state index contributed by atoms with van der Waals surface area (Å²) in [6, 6.07) is 5.75. The second-order valence-corrected chi connectivity index (χ2v) is 4.18. The van der Waals surface area contributed by atoms with Gasteiger partial charge in [0.2, 0.25) is 5.91 Å². The van der Waals surface area contributed by atoms with E-state index in [9.17, 15) is 9.90 Å². The number of fused-ring (bicyclic) bond motifs is 1. The lowest BCUT2D eigenvalue weighted by atomic mass is 10.1. The van der Waals surface area contributed by atoms with Gasteiger partial charge >= 0.3 is 0 Å². The number of hydrogen-bond donors (Lipinski definition) is 2. The number of aliphatic hydroxyl groups excluding tert-OH is 1. The van der Waals surface area contributed by atoms with Gasteiger partial charge in [-0.15, -0.1) is 0 Å². The number of aliphatic hydroxyl groups is 1. The highest BCUT2D eigenvalue weighted by Gasteiger charge is 2.27. The fourth-order valence-electron chi connectivity index (χ4n) is 2.07. The van der Waals surface area contributed by atoms with E-state index in [1.165, 1.54) is 0 Å². The number of anilines is 2. The highest BCUT2D eigenvalue weighted by atomic mass is 16.3. The summed E-state index contributed by atoms with van der Waals surface area (Å²) in [7, 11) is 0. The van der Waals surface area contributed by atoms with Gasteiger partial charge in [0.1, 0.15) is 0 Å². The van der Waals surface area contributed by atoms with Crippen LogP contribution in [0.1, 0.15) is 19.4 Å². The van der Waals surface area contributed by atoms with Crippen molar-refractivity contribution in [1.29, 1.82) is 0 Å². The van der Waals surface area contributed by atoms with Gasteiger partial charge in [0, 0.05) is 11.6 Å². The summed E-state index contributed by atoms with van der Waals surface area (Å²) in [5.41, 5.74) is 2.52. The largest absolute Gasteiger partial charge is 0.392 e. The lowest BCUT2D eigenvalue weighted by molar-refractivity contribution is -0.117. The molecule has 86 valence electrons. The fraction of sp³-hybridized carbons (Fsp3) is 0.417. The monoisotopic (exact) mass is 220 g/mol. The first-order chi connectivity index (χ1) is 7.65. The van der Waals surface area contributed by atoms with Gasteiger partial charge < -0.3 is 15.3 Å². The molecule has 1 aromatic rings. The smallest absolute Gasteiger partial charge is 0.246 e. The molecule has 0 radical (unpaired) electrons. The number of benzene rings is 1. The minimum Gasteiger partial charge on any atom is -0.392 e. The van der Waals surface area contributed by atoms with Gasteiger partial charge in [-0.2, -0.15) is 0 Å². The van der Waals surface area contributed by atoms with Crippen LogP contribution in [0.5, 0.6) is 0 Å². The van der Waals surface area contributed by atoms with Gasteiger partial charge in [0.05, 0.1) is 24.5 Å². The first-order valence-corrected chi connectivity index (χ1v) is 5.44. The number of nitrogens with one attached hydrogen (secondary N) is 1. The summed E-state index contributed by atoms with van der Waals surface area (Å²) in [5.74, 6) is 0.0448. The molecule has 0 spiro atoms. The van der Waals surface area contributed by atoms with Crippen LogP contribution < -0.4 is 10.2 Å². The molecule has 16 heavy (non-hydrogen) atoms. The Bertz CT molecular complexity index is 401. The summed E-state index contributed by atoms with van der Waals surface area (Å²) in [6.45, 7) is 4.21. The van der Waals surface area contributed by atoms with Crippen molar-refractivity contribution in [2.45, 2.75) is 26.5 Å². The Kier molecular flexibility index (Phi) is 2.83. The Morgan fingerprint density at radius 3 is 2.88 bits per heavy atom. The van der Waals surface area contributed by atoms with Crippen LogP contribution in [0.4, 0.5) is 11.4 Å². The van der Waals surface area contributed by atoms with Gasteiger partial charge in [-0.3, -0.25) is 4.79 Å². The molecule has 2 N–H and O–H groups in total. The van der Waals surface area contributed by atoms with Crippen molar-refractivity contribution < 1.29 is 9.90 Å². The predicted molar refractivity (Wildman–Crippen MR) is 63.5 cm³/mol. The number of hydrogen-bond acceptors (Lipinski definition) is 3. The van der Waals surface area contributed by atoms with E-state index >= 15 is 0 Å². The highest BCUT2D eigenvalue weighted by Crippen LogP contribution is 2.34. The predicted octanol–water partition coefficient (Wildman–Crippen LogP) is 1.35. The van der Waals surface area contributed by atoms with Gasteiger partial charge in [0.25, 0.3) is 0 Å². The third-order valence-corrected chi connectivity index (χ3v) is 2.75. The first kappa shape index (κ1) is 11.0. The molecule has 0 unspecified atom stereocenters. The van der Waals surface area contributed by atoms with Crippen molar-refractivity contribution in [3.05, 3.63) is 23.8 Å². The average molecular weight is 220 g/mol. The summed E-state index contributed by atoms with van der Waals surface area (Å²) in [5, 5.41) is 12.4. The van der Waals surface area contributed by atoms with Crippen molar-refractivity contribution in [3.63, 3.8) is 0 Å². The van der Waals surface area contributed by atoms with Crippen LogP contribution in [0.15, 0.2) is 18.2 Å². The van der Waals surface area contributed by atoms with Crippen molar-refractivity contribution in [2.24, 2.45) is 0 Å². The van der Waals surface area contributed by atoms with Crippen LogP contribution in [0.3, 0.4) is 0 Å². The summed E-state index contributed by atoms with van der Waals surface area (Å²) in [6.07, 6.45) is 0. The van der Waals surface area contributed by atoms with Crippen LogP contribution >= 0.6 is 0 Å². The zero-order valence-electron chi connectivity index (χ0n) is 9.53. The average Bonchev–Trinajstić information content (AvgIpc) is 2.27. The number of para-hydroxylation sites is 1. The molecule has 1 aliphatic heterocycles. The van der Waals surface area contributed by atoms with Crippen LogP contribution in [0.2, 0.25) is 0 Å². The molecule has 0 aromatic heterocycles. The van der Waals surface area contributed by atoms with E-state index in [0.29, 0.717) is 6.54 Å². The lowest BCUT2D eigenvalue weighted by Crippen LogP contribution is -2.44. The van der Waals surface area contributed by atoms with E-state index in [-0.39, 0.29) is 18.6 Å². The summed E-state index contributed by atoms with van der Waals surface area (Å²) >= 11 is 0. The van der Waals surface area contributed by atoms with Crippen molar-refractivity contribution in [2.75, 3.05) is 16.8 Å². The third-order valence-electron chi connectivity index (χ3n) is 2.75. The van der Waals surface area contributed by atoms with Crippen LogP contribution in [0.25, 0.3) is 0 Å². The van der Waals surface area contributed by atoms with E-state index in [1.54, 1.807) is 4.90 Å². The summed E-state index contributed by atoms with van der Waals surface area (Å²) in [4.78, 5) is 13.6. The van der Waals surface area contributed by atoms with E-state index in [4.69, 9.17) is 0 Å². The second-order valence-electron chi connectivity index (χ2n) is 4.18. The molecule has 1 aromatic carbocycles. The first-order valence-electron chi connectivity index (χ1n) is 5.44. The third kappa shape index (κ3) is 1.65. The number of carbonyl (C=O) groups is 1. The molecule has 4 heteroatoms. The van der Waals surface area contributed by atoms with Crippen molar-refractivity contribution in [1.82, 2.24) is 0 Å². The highest BCUT2D eigenvalue weighted by molar-refractivity contribution is 6.03. The maximum Gasteiger partial charge on any atom is 0.246 e. The van der Waals surface area contributed by atoms with E-state index in [2.05, 4.69) is 5.32 Å². The molecular weight excluding hydrogens is 204 g/mol. The van der Waals surface area contributed by atoms with Gasteiger partial charge in [-0.25, -0.2) is 0 Å². The number of carbonyl (C=O) groups excluding carboxylic acids is 1. The molecule has 1 amide bonds. The SMILES string of the molecule is CC(C)N1C(=O)CNc2cccc(CO)c21. The Balaban J connectivity index is 2.56. The zero-order chi connectivity index (χ0) is 11.7. The second kappa shape index (κ2) is 4.14. The van der Waals surface area contributed by atoms with E-state index < -0.39 is 0 Å². The van der Waals surface area contributed by atoms with E-state index in [1.807, 2.05) is 32.0 Å². The fourth-order valence-corrected chi connectivity index (χ4v) is 2.07. The quantitative estimate of drug-likeness (QED) is 0.791. The maximum atomic E-state index is 11.8. The van der Waals surface area contributed by atoms with Crippen LogP contribution in [-0.2, 0) is 11.4 Å². The van der Waals surface area contributed by atoms with Gasteiger partial charge in [-0.1, -0.05) is 12.1 Å². The maximum absolute atomic E-state index is 11.8. The Labute approximate surface area is 94.9 Å². The molecule has 1 aliphatic rings. The van der Waals surface area contributed by atoms with Crippen molar-refractivity contribution in [3.8, 4) is 0 Å². The zero-order valence-corrected chi connectivity index (χ0v) is 9.53. The Hall–Kier alpha value is -1.55. The molecule has 0 bridgehead atoms. The minimum atomic E-state index is -0.0542. The van der Waals surface area contributed by atoms with Crippen LogP contribution in [-0.4, -0.2) is 23.6 Å². The normalized spacial score (nSPS) is 15.0. The molecule has 2 rings (SSSR count). The van der Waals surface area contributed by atoms with Gasteiger partial charge in [-0.05, 0) is 19.9 Å². The molecule has 0 fully saturated rings. The van der Waals surface area contributed by atoms with E-state index in [0.717, 1.165) is 16.9 Å². The standard InChI is InChI=1S/C12H16N2O2/c1-8(2)14-11(16)6-13-10-5-3-4-9(7-15)12(10)14/h3-5,8,13,15H,6-7H2,1-2H3. The lowest BCUT2D eigenvalue weighted by Gasteiger charge is -2.34. The minimum absolute atomic E-state index is 0.0448. The molecular formula is C12H16N2O2. The molecule has 0 aliphatic carbocycles. The molecule has 0 saturated heterocycles. The Morgan fingerprint density at radius 1 is 1.50 bits per heavy atom. The number of nitrogens with zero attached hydrogens (tertiary/aromatic N) is 1. The molecule has 4 nitrogen and oxygen atoms in total. The van der Waals surface area contributed by atoms with Crippen molar-refractivity contribution >= 4 is 17.3 Å². The molecule has 1 heterocycles. The number of rotatable bonds is 2.